The molecule has 1 unspecified atom stereocenters. The molecule has 2 heterocycles. The highest BCUT2D eigenvalue weighted by Crippen LogP contribution is 2.37. The molecule has 0 bridgehead atoms. The Labute approximate surface area is 196 Å². The third-order valence-electron chi connectivity index (χ3n) is 5.06. The van der Waals surface area contributed by atoms with Crippen molar-refractivity contribution in [3.05, 3.63) is 94.2 Å². The Hall–Kier alpha value is -3.03. The van der Waals surface area contributed by atoms with E-state index in [1.165, 1.54) is 11.8 Å². The van der Waals surface area contributed by atoms with Crippen molar-refractivity contribution >= 4 is 35.3 Å². The zero-order chi connectivity index (χ0) is 22.7. The second kappa shape index (κ2) is 9.63. The minimum absolute atomic E-state index is 0.138. The Balaban J connectivity index is 1.70. The van der Waals surface area contributed by atoms with Crippen molar-refractivity contribution in [1.82, 2.24) is 14.8 Å². The first-order chi connectivity index (χ1) is 15.5. The number of aryl methyl sites for hydroxylation is 1. The SMILES string of the molecule is C=CCOC(=O)C1=C(C)Nc2nc(SCc3ccccc3Cl)nn2C1c1cccc(C)c1. The van der Waals surface area contributed by atoms with Crippen LogP contribution in [0, 0.1) is 6.92 Å². The van der Waals surface area contributed by atoms with Gasteiger partial charge in [-0.1, -0.05) is 84.0 Å². The van der Waals surface area contributed by atoms with Crippen LogP contribution in [0.3, 0.4) is 0 Å². The van der Waals surface area contributed by atoms with Gasteiger partial charge in [-0.05, 0) is 31.0 Å². The predicted molar refractivity (Wildman–Crippen MR) is 128 cm³/mol. The number of carbonyl (C=O) groups is 1. The molecule has 0 spiro atoms. The van der Waals surface area contributed by atoms with Crippen LogP contribution in [0.25, 0.3) is 0 Å². The number of ether oxygens (including phenoxy) is 1. The van der Waals surface area contributed by atoms with Crippen molar-refractivity contribution in [1.29, 1.82) is 0 Å². The average molecular weight is 467 g/mol. The van der Waals surface area contributed by atoms with Crippen molar-refractivity contribution < 1.29 is 9.53 Å². The monoisotopic (exact) mass is 466 g/mol. The van der Waals surface area contributed by atoms with Crippen molar-refractivity contribution in [2.45, 2.75) is 30.8 Å². The summed E-state index contributed by atoms with van der Waals surface area (Å²) in [5.74, 6) is 0.808. The molecule has 32 heavy (non-hydrogen) atoms. The number of allylic oxidation sites excluding steroid dienone is 1. The van der Waals surface area contributed by atoms with Crippen LogP contribution < -0.4 is 5.32 Å². The van der Waals surface area contributed by atoms with Crippen LogP contribution >= 0.6 is 23.4 Å². The predicted octanol–water partition coefficient (Wildman–Crippen LogP) is 5.55. The summed E-state index contributed by atoms with van der Waals surface area (Å²) in [6.07, 6.45) is 1.55. The van der Waals surface area contributed by atoms with Crippen LogP contribution in [-0.4, -0.2) is 27.3 Å². The lowest BCUT2D eigenvalue weighted by molar-refractivity contribution is -0.138. The number of aromatic nitrogens is 3. The van der Waals surface area contributed by atoms with Gasteiger partial charge in [0.15, 0.2) is 0 Å². The Morgan fingerprint density at radius 2 is 2.09 bits per heavy atom. The Kier molecular flexibility index (Phi) is 6.67. The van der Waals surface area contributed by atoms with E-state index in [4.69, 9.17) is 21.4 Å². The van der Waals surface area contributed by atoms with Crippen LogP contribution in [0.4, 0.5) is 5.95 Å². The van der Waals surface area contributed by atoms with E-state index in [0.717, 1.165) is 16.7 Å². The maximum absolute atomic E-state index is 13.0. The molecule has 1 atom stereocenters. The molecule has 2 aromatic carbocycles. The van der Waals surface area contributed by atoms with Crippen molar-refractivity contribution in [2.75, 3.05) is 11.9 Å². The lowest BCUT2D eigenvalue weighted by Gasteiger charge is -2.28. The van der Waals surface area contributed by atoms with Crippen LogP contribution in [0.2, 0.25) is 5.02 Å². The summed E-state index contributed by atoms with van der Waals surface area (Å²) >= 11 is 7.78. The summed E-state index contributed by atoms with van der Waals surface area (Å²) in [7, 11) is 0. The maximum atomic E-state index is 13.0. The van der Waals surface area contributed by atoms with Crippen LogP contribution in [0.1, 0.15) is 29.7 Å². The number of hydrogen-bond donors (Lipinski definition) is 1. The van der Waals surface area contributed by atoms with Crippen LogP contribution in [0.5, 0.6) is 0 Å². The fourth-order valence-corrected chi connectivity index (χ4v) is 4.69. The molecule has 0 amide bonds. The van der Waals surface area contributed by atoms with Gasteiger partial charge in [-0.3, -0.25) is 0 Å². The van der Waals surface area contributed by atoms with E-state index in [-0.39, 0.29) is 6.61 Å². The Morgan fingerprint density at radius 3 is 2.84 bits per heavy atom. The van der Waals surface area contributed by atoms with Crippen LogP contribution in [0.15, 0.2) is 77.6 Å². The van der Waals surface area contributed by atoms with E-state index in [2.05, 4.69) is 16.9 Å². The molecule has 164 valence electrons. The van der Waals surface area contributed by atoms with Crippen molar-refractivity contribution in [3.8, 4) is 0 Å². The van der Waals surface area contributed by atoms with E-state index in [1.807, 2.05) is 62.4 Å². The maximum Gasteiger partial charge on any atom is 0.338 e. The summed E-state index contributed by atoms with van der Waals surface area (Å²) in [5, 5.41) is 9.25. The first kappa shape index (κ1) is 22.2. The topological polar surface area (TPSA) is 69.0 Å². The van der Waals surface area contributed by atoms with Gasteiger partial charge in [0.2, 0.25) is 11.1 Å². The third-order valence-corrected chi connectivity index (χ3v) is 6.31. The normalized spacial score (nSPS) is 15.2. The number of fused-ring (bicyclic) bond motifs is 1. The fraction of sp³-hybridized carbons (Fsp3) is 0.208. The minimum Gasteiger partial charge on any atom is -0.458 e. The number of esters is 1. The molecular weight excluding hydrogens is 444 g/mol. The summed E-state index contributed by atoms with van der Waals surface area (Å²) < 4.78 is 7.14. The zero-order valence-electron chi connectivity index (χ0n) is 17.8. The molecule has 0 radical (unpaired) electrons. The number of rotatable bonds is 7. The molecule has 0 saturated heterocycles. The second-order valence-electron chi connectivity index (χ2n) is 7.41. The smallest absolute Gasteiger partial charge is 0.338 e. The largest absolute Gasteiger partial charge is 0.458 e. The standard InChI is InChI=1S/C24H23ClN4O2S/c1-4-12-31-22(30)20-16(3)26-23-27-24(32-14-18-9-5-6-11-19(18)25)28-29(23)21(20)17-10-7-8-15(2)13-17/h4-11,13,21H,1,12,14H2,2-3H3,(H,26,27,28). The van der Waals surface area contributed by atoms with Gasteiger partial charge >= 0.3 is 5.97 Å². The first-order valence-electron chi connectivity index (χ1n) is 10.1. The molecule has 1 aliphatic rings. The van der Waals surface area contributed by atoms with Crippen molar-refractivity contribution in [2.24, 2.45) is 0 Å². The van der Waals surface area contributed by atoms with Gasteiger partial charge in [0.25, 0.3) is 0 Å². The minimum atomic E-state index is -0.453. The van der Waals surface area contributed by atoms with Gasteiger partial charge in [0, 0.05) is 16.5 Å². The molecule has 0 aliphatic carbocycles. The van der Waals surface area contributed by atoms with E-state index in [1.54, 1.807) is 10.8 Å². The molecule has 3 aromatic rings. The number of thioether (sulfide) groups is 1. The summed E-state index contributed by atoms with van der Waals surface area (Å²) in [6.45, 7) is 7.63. The van der Waals surface area contributed by atoms with Crippen molar-refractivity contribution in [3.63, 3.8) is 0 Å². The Morgan fingerprint density at radius 1 is 1.28 bits per heavy atom. The van der Waals surface area contributed by atoms with E-state index in [9.17, 15) is 4.79 Å². The lowest BCUT2D eigenvalue weighted by Crippen LogP contribution is -2.29. The van der Waals surface area contributed by atoms with Gasteiger partial charge in [0.1, 0.15) is 12.6 Å². The molecule has 1 aliphatic heterocycles. The summed E-state index contributed by atoms with van der Waals surface area (Å²) in [6, 6.07) is 15.3. The number of nitrogens with zero attached hydrogens (tertiary/aromatic N) is 3. The number of nitrogens with one attached hydrogen (secondary N) is 1. The fourth-order valence-electron chi connectivity index (χ4n) is 3.58. The van der Waals surface area contributed by atoms with Gasteiger partial charge in [-0.2, -0.15) is 4.98 Å². The third kappa shape index (κ3) is 4.59. The number of carbonyl (C=O) groups excluding carboxylic acids is 1. The number of halogens is 1. The van der Waals surface area contributed by atoms with Gasteiger partial charge in [-0.15, -0.1) is 5.10 Å². The second-order valence-corrected chi connectivity index (χ2v) is 8.76. The molecule has 6 nitrogen and oxygen atoms in total. The highest BCUT2D eigenvalue weighted by molar-refractivity contribution is 7.98. The summed E-state index contributed by atoms with van der Waals surface area (Å²) in [4.78, 5) is 17.6. The quantitative estimate of drug-likeness (QED) is 0.279. The van der Waals surface area contributed by atoms with Gasteiger partial charge in [-0.25, -0.2) is 9.48 Å². The Bertz CT molecular complexity index is 1200. The average Bonchev–Trinajstić information content (AvgIpc) is 3.18. The number of hydrogen-bond acceptors (Lipinski definition) is 6. The highest BCUT2D eigenvalue weighted by atomic mass is 35.5. The van der Waals surface area contributed by atoms with Gasteiger partial charge in [0.05, 0.1) is 5.57 Å². The zero-order valence-corrected chi connectivity index (χ0v) is 19.4. The van der Waals surface area contributed by atoms with Gasteiger partial charge < -0.3 is 10.1 Å². The molecule has 0 saturated carbocycles. The molecule has 8 heteroatoms. The number of anilines is 1. The van der Waals surface area contributed by atoms with E-state index >= 15 is 0 Å². The first-order valence-corrected chi connectivity index (χ1v) is 11.5. The summed E-state index contributed by atoms with van der Waals surface area (Å²) in [5.41, 5.74) is 4.22. The molecule has 1 aromatic heterocycles. The molecule has 0 fully saturated rings. The van der Waals surface area contributed by atoms with E-state index in [0.29, 0.717) is 33.2 Å². The highest BCUT2D eigenvalue weighted by Gasteiger charge is 2.35. The lowest BCUT2D eigenvalue weighted by atomic mass is 9.95. The molecular formula is C24H23ClN4O2S. The van der Waals surface area contributed by atoms with E-state index < -0.39 is 12.0 Å². The molecule has 4 rings (SSSR count). The number of benzene rings is 2. The van der Waals surface area contributed by atoms with Crippen LogP contribution in [-0.2, 0) is 15.3 Å². The molecule has 1 N–H and O–H groups in total.